The fourth-order valence-corrected chi connectivity index (χ4v) is 2.48. The van der Waals surface area contributed by atoms with Crippen molar-refractivity contribution < 1.29 is 9.72 Å². The number of amides is 1. The third kappa shape index (κ3) is 2.24. The van der Waals surface area contributed by atoms with Crippen LogP contribution in [0.25, 0.3) is 0 Å². The Balaban J connectivity index is 2.33. The third-order valence-corrected chi connectivity index (χ3v) is 3.34. The summed E-state index contributed by atoms with van der Waals surface area (Å²) in [5.74, 6) is -0.401. The first-order valence-corrected chi connectivity index (χ1v) is 5.88. The molecule has 6 nitrogen and oxygen atoms in total. The van der Waals surface area contributed by atoms with E-state index < -0.39 is 10.8 Å². The maximum atomic E-state index is 11.3. The standard InChI is InChI=1S/C11H12ClN3O3/c12-8-6-7(15(17)18)3-4-9(8)14-5-1-2-10(14)11(13)16/h3-4,6,10H,1-2,5H2,(H2,13,16)/t10-/m1/s1. The van der Waals surface area contributed by atoms with Crippen molar-refractivity contribution in [3.63, 3.8) is 0 Å². The van der Waals surface area contributed by atoms with Gasteiger partial charge >= 0.3 is 0 Å². The minimum Gasteiger partial charge on any atom is -0.368 e. The van der Waals surface area contributed by atoms with Crippen LogP contribution in [0, 0.1) is 10.1 Å². The molecule has 1 aromatic rings. The van der Waals surface area contributed by atoms with Gasteiger partial charge in [-0.05, 0) is 18.9 Å². The van der Waals surface area contributed by atoms with Crippen LogP contribution in [-0.2, 0) is 4.79 Å². The summed E-state index contributed by atoms with van der Waals surface area (Å²) in [4.78, 5) is 23.2. The van der Waals surface area contributed by atoms with Crippen molar-refractivity contribution in [3.05, 3.63) is 33.3 Å². The van der Waals surface area contributed by atoms with E-state index in [9.17, 15) is 14.9 Å². The van der Waals surface area contributed by atoms with E-state index in [1.165, 1.54) is 12.1 Å². The molecule has 0 spiro atoms. The first-order valence-electron chi connectivity index (χ1n) is 5.50. The molecule has 2 N–H and O–H groups in total. The fourth-order valence-electron chi connectivity index (χ4n) is 2.19. The van der Waals surface area contributed by atoms with E-state index in [-0.39, 0.29) is 16.8 Å². The summed E-state index contributed by atoms with van der Waals surface area (Å²) in [6, 6.07) is 3.83. The van der Waals surface area contributed by atoms with Gasteiger partial charge in [-0.3, -0.25) is 14.9 Å². The number of primary amides is 1. The Kier molecular flexibility index (Phi) is 3.38. The van der Waals surface area contributed by atoms with E-state index in [2.05, 4.69) is 0 Å². The summed E-state index contributed by atoms with van der Waals surface area (Å²) in [5.41, 5.74) is 5.87. The molecule has 2 rings (SSSR count). The number of carbonyl (C=O) groups excluding carboxylic acids is 1. The van der Waals surface area contributed by atoms with Crippen LogP contribution in [0.5, 0.6) is 0 Å². The number of nitro groups is 1. The molecule has 18 heavy (non-hydrogen) atoms. The summed E-state index contributed by atoms with van der Waals surface area (Å²) in [6.45, 7) is 0.672. The highest BCUT2D eigenvalue weighted by Gasteiger charge is 2.30. The molecule has 1 fully saturated rings. The van der Waals surface area contributed by atoms with Crippen molar-refractivity contribution in [1.82, 2.24) is 0 Å². The van der Waals surface area contributed by atoms with E-state index in [4.69, 9.17) is 17.3 Å². The molecule has 1 aliphatic rings. The first kappa shape index (κ1) is 12.6. The highest BCUT2D eigenvalue weighted by molar-refractivity contribution is 6.33. The zero-order chi connectivity index (χ0) is 13.3. The molecule has 0 unspecified atom stereocenters. The molecule has 1 aliphatic heterocycles. The third-order valence-electron chi connectivity index (χ3n) is 3.03. The monoisotopic (exact) mass is 269 g/mol. The number of non-ortho nitro benzene ring substituents is 1. The average Bonchev–Trinajstić information content (AvgIpc) is 2.77. The molecule has 0 bridgehead atoms. The zero-order valence-electron chi connectivity index (χ0n) is 9.51. The number of hydrogen-bond acceptors (Lipinski definition) is 4. The number of carbonyl (C=O) groups is 1. The van der Waals surface area contributed by atoms with Gasteiger partial charge in [0.05, 0.1) is 15.6 Å². The Morgan fingerprint density at radius 3 is 2.83 bits per heavy atom. The van der Waals surface area contributed by atoms with Crippen LogP contribution in [0.4, 0.5) is 11.4 Å². The van der Waals surface area contributed by atoms with Gasteiger partial charge in [-0.2, -0.15) is 0 Å². The average molecular weight is 270 g/mol. The van der Waals surface area contributed by atoms with E-state index in [0.29, 0.717) is 18.7 Å². The predicted molar refractivity (Wildman–Crippen MR) is 67.7 cm³/mol. The summed E-state index contributed by atoms with van der Waals surface area (Å²) in [5, 5.41) is 10.9. The second-order valence-electron chi connectivity index (χ2n) is 4.15. The summed E-state index contributed by atoms with van der Waals surface area (Å²) < 4.78 is 0. The number of rotatable bonds is 3. The maximum Gasteiger partial charge on any atom is 0.271 e. The van der Waals surface area contributed by atoms with Crippen LogP contribution >= 0.6 is 11.6 Å². The molecule has 96 valence electrons. The number of benzene rings is 1. The zero-order valence-corrected chi connectivity index (χ0v) is 10.3. The smallest absolute Gasteiger partial charge is 0.271 e. The van der Waals surface area contributed by atoms with Crippen LogP contribution < -0.4 is 10.6 Å². The van der Waals surface area contributed by atoms with Crippen molar-refractivity contribution in [2.75, 3.05) is 11.4 Å². The van der Waals surface area contributed by atoms with Crippen molar-refractivity contribution in [1.29, 1.82) is 0 Å². The molecule has 0 aromatic heterocycles. The molecule has 0 aliphatic carbocycles. The van der Waals surface area contributed by atoms with Gasteiger partial charge in [-0.1, -0.05) is 11.6 Å². The molecule has 1 amide bonds. The second kappa shape index (κ2) is 4.81. The fraction of sp³-hybridized carbons (Fsp3) is 0.364. The predicted octanol–water partition coefficient (Wildman–Crippen LogP) is 1.70. The van der Waals surface area contributed by atoms with Gasteiger partial charge in [0.2, 0.25) is 5.91 Å². The second-order valence-corrected chi connectivity index (χ2v) is 4.55. The van der Waals surface area contributed by atoms with Crippen LogP contribution in [0.3, 0.4) is 0 Å². The van der Waals surface area contributed by atoms with Crippen molar-refractivity contribution >= 4 is 28.9 Å². The normalized spacial score (nSPS) is 18.9. The molecular formula is C11H12ClN3O3. The molecule has 1 heterocycles. The number of nitrogens with two attached hydrogens (primary N) is 1. The molecular weight excluding hydrogens is 258 g/mol. The summed E-state index contributed by atoms with van der Waals surface area (Å²) >= 11 is 6.03. The molecule has 1 atom stereocenters. The van der Waals surface area contributed by atoms with Gasteiger partial charge in [-0.15, -0.1) is 0 Å². The lowest BCUT2D eigenvalue weighted by molar-refractivity contribution is -0.384. The number of anilines is 1. The molecule has 0 radical (unpaired) electrons. The SMILES string of the molecule is NC(=O)[C@H]1CCCN1c1ccc([N+](=O)[O-])cc1Cl. The number of nitro benzene ring substituents is 1. The van der Waals surface area contributed by atoms with Gasteiger partial charge in [0, 0.05) is 18.7 Å². The quantitative estimate of drug-likeness (QED) is 0.668. The van der Waals surface area contributed by atoms with E-state index >= 15 is 0 Å². The van der Waals surface area contributed by atoms with E-state index in [1.807, 2.05) is 0 Å². The summed E-state index contributed by atoms with van der Waals surface area (Å²) in [7, 11) is 0. The van der Waals surface area contributed by atoms with Gasteiger partial charge in [0.1, 0.15) is 6.04 Å². The highest BCUT2D eigenvalue weighted by atomic mass is 35.5. The Labute approximate surface area is 108 Å². The molecule has 0 saturated carbocycles. The van der Waals surface area contributed by atoms with Gasteiger partial charge in [-0.25, -0.2) is 0 Å². The Bertz CT molecular complexity index is 506. The van der Waals surface area contributed by atoms with Crippen molar-refractivity contribution in [3.8, 4) is 0 Å². The van der Waals surface area contributed by atoms with Gasteiger partial charge < -0.3 is 10.6 Å². The lowest BCUT2D eigenvalue weighted by Gasteiger charge is -2.25. The Hall–Kier alpha value is -1.82. The molecule has 1 aromatic carbocycles. The number of halogens is 1. The van der Waals surface area contributed by atoms with Crippen LogP contribution in [0.1, 0.15) is 12.8 Å². The highest BCUT2D eigenvalue weighted by Crippen LogP contribution is 2.34. The molecule has 1 saturated heterocycles. The topological polar surface area (TPSA) is 89.5 Å². The Morgan fingerprint density at radius 1 is 1.56 bits per heavy atom. The minimum absolute atomic E-state index is 0.0708. The number of nitrogens with zero attached hydrogens (tertiary/aromatic N) is 2. The minimum atomic E-state index is -0.509. The van der Waals surface area contributed by atoms with Gasteiger partial charge in [0.25, 0.3) is 5.69 Å². The Morgan fingerprint density at radius 2 is 2.28 bits per heavy atom. The largest absolute Gasteiger partial charge is 0.368 e. The van der Waals surface area contributed by atoms with Gasteiger partial charge in [0.15, 0.2) is 0 Å². The first-order chi connectivity index (χ1) is 8.50. The van der Waals surface area contributed by atoms with Crippen molar-refractivity contribution in [2.45, 2.75) is 18.9 Å². The summed E-state index contributed by atoms with van der Waals surface area (Å²) in [6.07, 6.45) is 1.53. The van der Waals surface area contributed by atoms with Crippen LogP contribution in [0.15, 0.2) is 18.2 Å². The lowest BCUT2D eigenvalue weighted by Crippen LogP contribution is -2.40. The van der Waals surface area contributed by atoms with Crippen LogP contribution in [-0.4, -0.2) is 23.4 Å². The molecule has 7 heteroatoms. The van der Waals surface area contributed by atoms with E-state index in [0.717, 1.165) is 6.42 Å². The van der Waals surface area contributed by atoms with Crippen LogP contribution in [0.2, 0.25) is 5.02 Å². The van der Waals surface area contributed by atoms with Crippen molar-refractivity contribution in [2.24, 2.45) is 5.73 Å². The van der Waals surface area contributed by atoms with E-state index in [1.54, 1.807) is 11.0 Å². The maximum absolute atomic E-state index is 11.3. The number of hydrogen-bond donors (Lipinski definition) is 1. The lowest BCUT2D eigenvalue weighted by atomic mass is 10.2.